The Bertz CT molecular complexity index is 847. The van der Waals surface area contributed by atoms with Gasteiger partial charge in [0.05, 0.1) is 20.1 Å². The van der Waals surface area contributed by atoms with Crippen LogP contribution in [0.3, 0.4) is 0 Å². The first-order valence-corrected chi connectivity index (χ1v) is 9.92. The second kappa shape index (κ2) is 9.65. The number of nitrogens with zero attached hydrogens (tertiary/aromatic N) is 1. The van der Waals surface area contributed by atoms with Gasteiger partial charge in [0.2, 0.25) is 5.91 Å². The maximum Gasteiger partial charge on any atom is 0.253 e. The zero-order valence-corrected chi connectivity index (χ0v) is 17.4. The van der Waals surface area contributed by atoms with E-state index in [1.165, 1.54) is 0 Å². The molecular formula is C22H25ClN2O4. The molecule has 2 aromatic carbocycles. The van der Waals surface area contributed by atoms with E-state index in [1.54, 1.807) is 49.5 Å². The largest absolute Gasteiger partial charge is 0.497 e. The fourth-order valence-electron chi connectivity index (χ4n) is 3.45. The van der Waals surface area contributed by atoms with Gasteiger partial charge in [0.15, 0.2) is 0 Å². The number of hydrogen-bond acceptors (Lipinski definition) is 4. The average Bonchev–Trinajstić information content (AvgIpc) is 2.77. The van der Waals surface area contributed by atoms with E-state index in [0.29, 0.717) is 41.7 Å². The molecule has 0 aromatic heterocycles. The third kappa shape index (κ3) is 5.41. The minimum atomic E-state index is -0.229. The molecule has 2 aromatic rings. The van der Waals surface area contributed by atoms with Crippen molar-refractivity contribution in [1.29, 1.82) is 0 Å². The van der Waals surface area contributed by atoms with Crippen LogP contribution in [0.5, 0.6) is 11.5 Å². The Hall–Kier alpha value is -2.73. The van der Waals surface area contributed by atoms with Crippen molar-refractivity contribution in [2.24, 2.45) is 5.92 Å². The van der Waals surface area contributed by atoms with Crippen molar-refractivity contribution in [2.75, 3.05) is 27.3 Å². The fourth-order valence-corrected chi connectivity index (χ4v) is 3.58. The predicted octanol–water partition coefficient (Wildman–Crippen LogP) is 3.53. The van der Waals surface area contributed by atoms with Gasteiger partial charge in [-0.1, -0.05) is 11.6 Å². The number of rotatable bonds is 6. The number of likely N-dealkylation sites (tertiary alicyclic amines) is 1. The molecule has 1 saturated heterocycles. The molecule has 1 aliphatic heterocycles. The molecule has 2 amide bonds. The summed E-state index contributed by atoms with van der Waals surface area (Å²) in [5, 5.41) is 3.56. The van der Waals surface area contributed by atoms with E-state index in [9.17, 15) is 9.59 Å². The van der Waals surface area contributed by atoms with E-state index in [2.05, 4.69) is 5.32 Å². The number of piperidine rings is 1. The molecule has 1 N–H and O–H groups in total. The van der Waals surface area contributed by atoms with Crippen molar-refractivity contribution in [3.05, 3.63) is 58.6 Å². The molecular weight excluding hydrogens is 392 g/mol. The zero-order valence-electron chi connectivity index (χ0n) is 16.6. The minimum Gasteiger partial charge on any atom is -0.497 e. The first kappa shape index (κ1) is 21.0. The summed E-state index contributed by atoms with van der Waals surface area (Å²) < 4.78 is 10.5. The quantitative estimate of drug-likeness (QED) is 0.782. The Morgan fingerprint density at radius 1 is 1.10 bits per heavy atom. The van der Waals surface area contributed by atoms with Crippen molar-refractivity contribution in [3.63, 3.8) is 0 Å². The number of benzene rings is 2. The number of carbonyl (C=O) groups is 2. The van der Waals surface area contributed by atoms with Crippen LogP contribution < -0.4 is 14.8 Å². The number of carbonyl (C=O) groups excluding carboxylic acids is 2. The van der Waals surface area contributed by atoms with Gasteiger partial charge in [-0.15, -0.1) is 0 Å². The van der Waals surface area contributed by atoms with Crippen molar-refractivity contribution in [3.8, 4) is 11.5 Å². The van der Waals surface area contributed by atoms with E-state index >= 15 is 0 Å². The van der Waals surface area contributed by atoms with Crippen LogP contribution in [0.2, 0.25) is 5.02 Å². The molecule has 1 aliphatic rings. The van der Waals surface area contributed by atoms with Crippen molar-refractivity contribution in [2.45, 2.75) is 19.4 Å². The van der Waals surface area contributed by atoms with Gasteiger partial charge in [0.1, 0.15) is 11.5 Å². The van der Waals surface area contributed by atoms with Crippen molar-refractivity contribution < 1.29 is 19.1 Å². The van der Waals surface area contributed by atoms with Crippen molar-refractivity contribution in [1.82, 2.24) is 10.2 Å². The zero-order chi connectivity index (χ0) is 20.8. The van der Waals surface area contributed by atoms with Gasteiger partial charge in [-0.2, -0.15) is 0 Å². The van der Waals surface area contributed by atoms with E-state index in [1.807, 2.05) is 12.1 Å². The Balaban J connectivity index is 1.59. The van der Waals surface area contributed by atoms with Crippen LogP contribution in [-0.2, 0) is 11.3 Å². The Morgan fingerprint density at radius 3 is 2.38 bits per heavy atom. The molecule has 29 heavy (non-hydrogen) atoms. The van der Waals surface area contributed by atoms with Crippen LogP contribution >= 0.6 is 11.6 Å². The first-order chi connectivity index (χ1) is 14.0. The number of ether oxygens (including phenoxy) is 2. The van der Waals surface area contributed by atoms with E-state index < -0.39 is 0 Å². The minimum absolute atomic E-state index is 0.0552. The van der Waals surface area contributed by atoms with Gasteiger partial charge in [-0.25, -0.2) is 0 Å². The summed E-state index contributed by atoms with van der Waals surface area (Å²) >= 11 is 5.90. The van der Waals surface area contributed by atoms with Gasteiger partial charge in [-0.05, 0) is 54.8 Å². The summed E-state index contributed by atoms with van der Waals surface area (Å²) in [6.07, 6.45) is 1.56. The van der Waals surface area contributed by atoms with Gasteiger partial charge in [-0.3, -0.25) is 9.59 Å². The summed E-state index contributed by atoms with van der Waals surface area (Å²) in [6.45, 7) is 1.43. The molecule has 1 fully saturated rings. The van der Waals surface area contributed by atoms with Gasteiger partial charge >= 0.3 is 0 Å². The summed E-state index contributed by atoms with van der Waals surface area (Å²) in [5.74, 6) is 0.988. The van der Waals surface area contributed by atoms with Gasteiger partial charge in [0.25, 0.3) is 5.91 Å². The van der Waals surface area contributed by atoms with Crippen LogP contribution in [-0.4, -0.2) is 44.0 Å². The van der Waals surface area contributed by atoms with E-state index in [-0.39, 0.29) is 17.7 Å². The van der Waals surface area contributed by atoms with Crippen LogP contribution in [0, 0.1) is 5.92 Å². The molecule has 1 unspecified atom stereocenters. The maximum absolute atomic E-state index is 12.7. The highest BCUT2D eigenvalue weighted by molar-refractivity contribution is 6.30. The lowest BCUT2D eigenvalue weighted by molar-refractivity contribution is -0.126. The smallest absolute Gasteiger partial charge is 0.253 e. The molecule has 0 saturated carbocycles. The van der Waals surface area contributed by atoms with Crippen LogP contribution in [0.4, 0.5) is 0 Å². The fraction of sp³-hybridized carbons (Fsp3) is 0.364. The van der Waals surface area contributed by atoms with E-state index in [4.69, 9.17) is 21.1 Å². The number of nitrogens with one attached hydrogen (secondary N) is 1. The molecule has 1 heterocycles. The highest BCUT2D eigenvalue weighted by Crippen LogP contribution is 2.23. The number of hydrogen-bond donors (Lipinski definition) is 1. The number of methoxy groups -OCH3 is 2. The molecule has 1 atom stereocenters. The summed E-state index contributed by atoms with van der Waals surface area (Å²) in [7, 11) is 3.18. The maximum atomic E-state index is 12.7. The van der Waals surface area contributed by atoms with E-state index in [0.717, 1.165) is 18.4 Å². The lowest BCUT2D eigenvalue weighted by atomic mass is 9.96. The standard InChI is InChI=1S/C22H25ClN2O4/c1-28-19-10-15(11-20(12-19)29-2)13-24-21(26)17-4-3-9-25(14-17)22(27)16-5-7-18(23)8-6-16/h5-8,10-12,17H,3-4,9,13-14H2,1-2H3,(H,24,26). The highest BCUT2D eigenvalue weighted by atomic mass is 35.5. The Morgan fingerprint density at radius 2 is 1.76 bits per heavy atom. The summed E-state index contributed by atoms with van der Waals surface area (Å²) in [4.78, 5) is 27.2. The summed E-state index contributed by atoms with van der Waals surface area (Å²) in [6, 6.07) is 12.3. The second-order valence-electron chi connectivity index (χ2n) is 7.04. The lowest BCUT2D eigenvalue weighted by Crippen LogP contribution is -2.45. The third-order valence-electron chi connectivity index (χ3n) is 5.05. The molecule has 6 nitrogen and oxygen atoms in total. The van der Waals surface area contributed by atoms with Gasteiger partial charge in [0, 0.05) is 36.3 Å². The third-order valence-corrected chi connectivity index (χ3v) is 5.30. The first-order valence-electron chi connectivity index (χ1n) is 9.54. The lowest BCUT2D eigenvalue weighted by Gasteiger charge is -2.32. The predicted molar refractivity (Wildman–Crippen MR) is 111 cm³/mol. The molecule has 0 radical (unpaired) electrons. The normalized spacial score (nSPS) is 16.2. The van der Waals surface area contributed by atoms with Crippen molar-refractivity contribution >= 4 is 23.4 Å². The Kier molecular flexibility index (Phi) is 6.99. The molecule has 7 heteroatoms. The highest BCUT2D eigenvalue weighted by Gasteiger charge is 2.28. The molecule has 154 valence electrons. The van der Waals surface area contributed by atoms with Crippen LogP contribution in [0.25, 0.3) is 0 Å². The SMILES string of the molecule is COc1cc(CNC(=O)C2CCCN(C(=O)c3ccc(Cl)cc3)C2)cc(OC)c1. The summed E-state index contributed by atoms with van der Waals surface area (Å²) in [5.41, 5.74) is 1.47. The molecule has 0 aliphatic carbocycles. The average molecular weight is 417 g/mol. The Labute approximate surface area is 175 Å². The van der Waals surface area contributed by atoms with Crippen LogP contribution in [0.15, 0.2) is 42.5 Å². The molecule has 0 spiro atoms. The van der Waals surface area contributed by atoms with Gasteiger partial charge < -0.3 is 19.7 Å². The second-order valence-corrected chi connectivity index (χ2v) is 7.47. The topological polar surface area (TPSA) is 67.9 Å². The number of amides is 2. The monoisotopic (exact) mass is 416 g/mol. The molecule has 0 bridgehead atoms. The molecule has 3 rings (SSSR count). The number of halogens is 1. The van der Waals surface area contributed by atoms with Crippen LogP contribution in [0.1, 0.15) is 28.8 Å².